The molecular weight excluding hydrogens is 504 g/mol. The van der Waals surface area contributed by atoms with Crippen LogP contribution >= 0.6 is 0 Å². The first kappa shape index (κ1) is 26.0. The second-order valence-electron chi connectivity index (χ2n) is 12.9. The molecule has 9 heteroatoms. The van der Waals surface area contributed by atoms with Crippen LogP contribution in [0.15, 0.2) is 46.5 Å². The quantitative estimate of drug-likeness (QED) is 0.448. The molecule has 3 fully saturated rings. The summed E-state index contributed by atoms with van der Waals surface area (Å²) in [7, 11) is 0. The van der Waals surface area contributed by atoms with Gasteiger partial charge >= 0.3 is 11.9 Å². The molecule has 208 valence electrons. The topological polar surface area (TPSA) is 133 Å². The van der Waals surface area contributed by atoms with Gasteiger partial charge in [-0.25, -0.2) is 0 Å². The van der Waals surface area contributed by atoms with Gasteiger partial charge in [0.15, 0.2) is 11.5 Å². The monoisotopic (exact) mass is 538 g/mol. The Bertz CT molecular complexity index is 1380. The predicted octanol–water partition coefficient (Wildman–Crippen LogP) is 3.98. The molecule has 0 aromatic carbocycles. The number of aliphatic hydroxyl groups excluding tert-OH is 1. The van der Waals surface area contributed by atoms with E-state index in [9.17, 15) is 24.3 Å². The van der Waals surface area contributed by atoms with E-state index in [4.69, 9.17) is 18.6 Å². The second kappa shape index (κ2) is 7.50. The van der Waals surface area contributed by atoms with Crippen LogP contribution in [0.5, 0.6) is 0 Å². The third-order valence-corrected chi connectivity index (χ3v) is 10.8. The Morgan fingerprint density at radius 2 is 1.72 bits per heavy atom. The highest BCUT2D eigenvalue weighted by Crippen LogP contribution is 2.81. The number of epoxide rings is 1. The normalized spacial score (nSPS) is 45.2. The van der Waals surface area contributed by atoms with Crippen LogP contribution in [0.25, 0.3) is 0 Å². The molecule has 9 atom stereocenters. The lowest BCUT2D eigenvalue weighted by atomic mass is 9.38. The molecule has 1 aromatic rings. The SMILES string of the molecule is CC(=O)O[C@@H]1[C@@H]2[C@]3(C)C=CC(=O)C(C)(C)C3=C(O)C(=O)[C@@]2(C)[C@@]23O[C@@H]2C[C@@H](c2ccoc2)[C@]3(C)[C@H]1OC(C)=O. The number of fused-ring (bicyclic) bond motifs is 3. The van der Waals surface area contributed by atoms with Crippen LogP contribution in [-0.4, -0.2) is 52.5 Å². The van der Waals surface area contributed by atoms with Crippen LogP contribution in [0.2, 0.25) is 0 Å². The van der Waals surface area contributed by atoms with Crippen LogP contribution in [0.1, 0.15) is 66.4 Å². The van der Waals surface area contributed by atoms with Crippen molar-refractivity contribution < 1.29 is 42.9 Å². The summed E-state index contributed by atoms with van der Waals surface area (Å²) in [4.78, 5) is 52.9. The van der Waals surface area contributed by atoms with Gasteiger partial charge in [-0.15, -0.1) is 0 Å². The molecule has 0 unspecified atom stereocenters. The van der Waals surface area contributed by atoms with Gasteiger partial charge < -0.3 is 23.7 Å². The average molecular weight is 539 g/mol. The summed E-state index contributed by atoms with van der Waals surface area (Å²) >= 11 is 0. The lowest BCUT2D eigenvalue weighted by Gasteiger charge is -2.65. The first-order valence-corrected chi connectivity index (χ1v) is 13.4. The summed E-state index contributed by atoms with van der Waals surface area (Å²) in [5.74, 6) is -3.51. The molecule has 5 aliphatic rings. The van der Waals surface area contributed by atoms with Gasteiger partial charge in [-0.1, -0.05) is 19.9 Å². The molecule has 2 saturated carbocycles. The maximum absolute atomic E-state index is 14.6. The fraction of sp³-hybridized carbons (Fsp3) is 0.600. The Hall–Kier alpha value is -3.20. The van der Waals surface area contributed by atoms with E-state index in [1.165, 1.54) is 19.9 Å². The third-order valence-electron chi connectivity index (χ3n) is 10.8. The summed E-state index contributed by atoms with van der Waals surface area (Å²) in [6.07, 6.45) is 4.42. The number of aliphatic hydroxyl groups is 1. The zero-order chi connectivity index (χ0) is 28.5. The first-order chi connectivity index (χ1) is 18.1. The number of carbonyl (C=O) groups excluding carboxylic acids is 4. The molecule has 9 nitrogen and oxygen atoms in total. The summed E-state index contributed by atoms with van der Waals surface area (Å²) < 4.78 is 24.1. The molecule has 0 amide bonds. The van der Waals surface area contributed by atoms with E-state index in [0.717, 1.165) is 5.56 Å². The number of allylic oxidation sites excluding steroid dienone is 4. The van der Waals surface area contributed by atoms with Gasteiger partial charge in [0.1, 0.15) is 17.8 Å². The van der Waals surface area contributed by atoms with Crippen molar-refractivity contribution in [3.8, 4) is 0 Å². The first-order valence-electron chi connectivity index (χ1n) is 13.4. The molecular formula is C30H34O9. The largest absolute Gasteiger partial charge is 0.504 e. The number of carbonyl (C=O) groups is 4. The Morgan fingerprint density at radius 3 is 2.31 bits per heavy atom. The number of hydrogen-bond donors (Lipinski definition) is 1. The van der Waals surface area contributed by atoms with E-state index >= 15 is 0 Å². The highest BCUT2D eigenvalue weighted by Gasteiger charge is 2.91. The number of ketones is 2. The zero-order valence-electron chi connectivity index (χ0n) is 23.2. The molecule has 1 aliphatic heterocycles. The van der Waals surface area contributed by atoms with E-state index in [-0.39, 0.29) is 23.4 Å². The zero-order valence-corrected chi connectivity index (χ0v) is 23.2. The van der Waals surface area contributed by atoms with E-state index in [1.807, 2.05) is 19.9 Å². The average Bonchev–Trinajstić information content (AvgIpc) is 3.20. The Morgan fingerprint density at radius 1 is 1.05 bits per heavy atom. The molecule has 0 radical (unpaired) electrons. The van der Waals surface area contributed by atoms with Crippen molar-refractivity contribution in [3.63, 3.8) is 0 Å². The highest BCUT2D eigenvalue weighted by molar-refractivity contribution is 6.06. The van der Waals surface area contributed by atoms with Gasteiger partial charge in [0.25, 0.3) is 0 Å². The number of esters is 2. The second-order valence-corrected chi connectivity index (χ2v) is 12.9. The number of furan rings is 1. The lowest BCUT2D eigenvalue weighted by molar-refractivity contribution is -0.247. The van der Waals surface area contributed by atoms with Crippen LogP contribution in [0, 0.1) is 27.6 Å². The maximum Gasteiger partial charge on any atom is 0.303 e. The van der Waals surface area contributed by atoms with E-state index < -0.39 is 68.9 Å². The number of ether oxygens (including phenoxy) is 3. The van der Waals surface area contributed by atoms with Crippen molar-refractivity contribution in [2.24, 2.45) is 27.6 Å². The summed E-state index contributed by atoms with van der Waals surface area (Å²) in [6, 6.07) is 1.84. The molecule has 1 aromatic heterocycles. The van der Waals surface area contributed by atoms with Crippen LogP contribution in [-0.2, 0) is 33.4 Å². The third kappa shape index (κ3) is 2.74. The maximum atomic E-state index is 14.6. The van der Waals surface area contributed by atoms with Crippen LogP contribution in [0.3, 0.4) is 0 Å². The van der Waals surface area contributed by atoms with E-state index in [1.54, 1.807) is 39.4 Å². The van der Waals surface area contributed by atoms with Crippen LogP contribution < -0.4 is 0 Å². The van der Waals surface area contributed by atoms with Crippen molar-refractivity contribution in [2.45, 2.75) is 84.7 Å². The summed E-state index contributed by atoms with van der Waals surface area (Å²) in [6.45, 7) is 11.5. The van der Waals surface area contributed by atoms with Gasteiger partial charge in [-0.2, -0.15) is 0 Å². The van der Waals surface area contributed by atoms with Crippen molar-refractivity contribution >= 4 is 23.5 Å². The van der Waals surface area contributed by atoms with Gasteiger partial charge in [-0.05, 0) is 50.5 Å². The molecule has 39 heavy (non-hydrogen) atoms. The molecule has 1 saturated heterocycles. The number of Topliss-reactive ketones (excluding diaryl/α,β-unsaturated/α-hetero) is 1. The minimum atomic E-state index is -1.40. The van der Waals surface area contributed by atoms with Gasteiger partial charge in [0, 0.05) is 36.5 Å². The Balaban J connectivity index is 1.69. The molecule has 2 heterocycles. The minimum absolute atomic E-state index is 0.251. The number of rotatable bonds is 3. The van der Waals surface area contributed by atoms with Crippen LogP contribution in [0.4, 0.5) is 0 Å². The van der Waals surface area contributed by atoms with Crippen molar-refractivity contribution in [1.82, 2.24) is 0 Å². The van der Waals surface area contributed by atoms with Gasteiger partial charge in [0.05, 0.1) is 29.5 Å². The van der Waals surface area contributed by atoms with Crippen molar-refractivity contribution in [2.75, 3.05) is 0 Å². The molecule has 4 aliphatic carbocycles. The van der Waals surface area contributed by atoms with E-state index in [2.05, 4.69) is 0 Å². The Kier molecular flexibility index (Phi) is 5.01. The molecule has 0 bridgehead atoms. The highest BCUT2D eigenvalue weighted by atomic mass is 16.6. The van der Waals surface area contributed by atoms with E-state index in [0.29, 0.717) is 6.42 Å². The van der Waals surface area contributed by atoms with Crippen molar-refractivity contribution in [3.05, 3.63) is 47.6 Å². The molecule has 6 rings (SSSR count). The molecule has 1 N–H and O–H groups in total. The lowest BCUT2D eigenvalue weighted by Crippen LogP contribution is -2.75. The fourth-order valence-electron chi connectivity index (χ4n) is 9.50. The smallest absolute Gasteiger partial charge is 0.303 e. The van der Waals surface area contributed by atoms with Crippen molar-refractivity contribution in [1.29, 1.82) is 0 Å². The summed E-state index contributed by atoms with van der Waals surface area (Å²) in [5.41, 5.74) is -4.76. The van der Waals surface area contributed by atoms with Gasteiger partial charge in [-0.3, -0.25) is 19.2 Å². The molecule has 1 spiro atoms. The summed E-state index contributed by atoms with van der Waals surface area (Å²) in [5, 5.41) is 11.6. The fourth-order valence-corrected chi connectivity index (χ4v) is 9.50. The minimum Gasteiger partial charge on any atom is -0.504 e. The predicted molar refractivity (Wildman–Crippen MR) is 135 cm³/mol. The van der Waals surface area contributed by atoms with Gasteiger partial charge in [0.2, 0.25) is 5.78 Å². The Labute approximate surface area is 226 Å². The standard InChI is InChI=1S/C30H34O9/c1-14(31)37-21-23-27(5)10-8-18(33)26(3,4)22(27)20(34)24(35)29(23,7)30-19(39-30)12-17(16-9-11-36-13-16)28(30,6)25(21)38-15(2)32/h8-11,13,17,19,21,23,25,34H,12H2,1-7H3/t17-,19+,21+,23+,25-,27+,28+,29-,30+/m0/s1. The number of hydrogen-bond acceptors (Lipinski definition) is 9.